The molecule has 1 aromatic heterocycles. The molecule has 0 bridgehead atoms. The van der Waals surface area contributed by atoms with Crippen molar-refractivity contribution < 1.29 is 9.53 Å². The van der Waals surface area contributed by atoms with Gasteiger partial charge in [0.05, 0.1) is 11.5 Å². The summed E-state index contributed by atoms with van der Waals surface area (Å²) < 4.78 is 5.59. The van der Waals surface area contributed by atoms with Crippen LogP contribution in [0.15, 0.2) is 41.8 Å². The molecule has 18 heavy (non-hydrogen) atoms. The summed E-state index contributed by atoms with van der Waals surface area (Å²) in [6.07, 6.45) is 0. The number of para-hydroxylation sites is 1. The standard InChI is InChI=1S/C14H13NO2S/c16-14(13-6-3-7-18-13)15-8-10-9-17-12-5-2-1-4-11(10)12/h1-7,10H,8-9H2,(H,15,16). The number of hydrogen-bond donors (Lipinski definition) is 1. The maximum absolute atomic E-state index is 11.8. The Hall–Kier alpha value is -1.81. The Balaban J connectivity index is 1.64. The molecule has 2 heterocycles. The third kappa shape index (κ3) is 2.11. The van der Waals surface area contributed by atoms with Crippen molar-refractivity contribution in [3.8, 4) is 5.75 Å². The van der Waals surface area contributed by atoms with Gasteiger partial charge in [-0.05, 0) is 17.5 Å². The second-order valence-electron chi connectivity index (χ2n) is 4.23. The van der Waals surface area contributed by atoms with Gasteiger partial charge in [0.2, 0.25) is 0 Å². The molecule has 3 nitrogen and oxygen atoms in total. The van der Waals surface area contributed by atoms with Gasteiger partial charge in [-0.3, -0.25) is 4.79 Å². The zero-order valence-corrected chi connectivity index (χ0v) is 10.6. The monoisotopic (exact) mass is 259 g/mol. The van der Waals surface area contributed by atoms with Crippen LogP contribution in [-0.4, -0.2) is 19.1 Å². The SMILES string of the molecule is O=C(NCC1COc2ccccc21)c1cccs1. The molecule has 0 spiro atoms. The van der Waals surface area contributed by atoms with Gasteiger partial charge < -0.3 is 10.1 Å². The maximum Gasteiger partial charge on any atom is 0.261 e. The molecular weight excluding hydrogens is 246 g/mol. The zero-order valence-electron chi connectivity index (χ0n) is 9.76. The summed E-state index contributed by atoms with van der Waals surface area (Å²) in [4.78, 5) is 12.6. The molecule has 1 unspecified atom stereocenters. The molecule has 4 heteroatoms. The van der Waals surface area contributed by atoms with Crippen molar-refractivity contribution in [1.29, 1.82) is 0 Å². The Morgan fingerprint density at radius 2 is 2.22 bits per heavy atom. The highest BCUT2D eigenvalue weighted by Crippen LogP contribution is 2.32. The molecule has 0 fully saturated rings. The molecule has 1 atom stereocenters. The van der Waals surface area contributed by atoms with Gasteiger partial charge in [-0.1, -0.05) is 24.3 Å². The lowest BCUT2D eigenvalue weighted by atomic mass is 10.0. The number of carbonyl (C=O) groups is 1. The Kier molecular flexibility index (Phi) is 3.02. The fraction of sp³-hybridized carbons (Fsp3) is 0.214. The Labute approximate surface area is 109 Å². The van der Waals surface area contributed by atoms with E-state index in [0.29, 0.717) is 13.2 Å². The first-order valence-corrected chi connectivity index (χ1v) is 6.76. The molecule has 0 aliphatic carbocycles. The molecule has 1 N–H and O–H groups in total. The van der Waals surface area contributed by atoms with Crippen LogP contribution in [0.1, 0.15) is 21.2 Å². The van der Waals surface area contributed by atoms with E-state index in [2.05, 4.69) is 11.4 Å². The molecule has 2 aromatic rings. The van der Waals surface area contributed by atoms with Gasteiger partial charge in [0.15, 0.2) is 0 Å². The summed E-state index contributed by atoms with van der Waals surface area (Å²) in [5.74, 6) is 1.19. The van der Waals surface area contributed by atoms with E-state index in [0.717, 1.165) is 10.6 Å². The highest BCUT2D eigenvalue weighted by molar-refractivity contribution is 7.12. The van der Waals surface area contributed by atoms with E-state index in [1.807, 2.05) is 35.7 Å². The molecule has 1 aliphatic rings. The van der Waals surface area contributed by atoms with Crippen LogP contribution in [0.4, 0.5) is 0 Å². The van der Waals surface area contributed by atoms with Crippen molar-refractivity contribution in [3.05, 3.63) is 52.2 Å². The number of fused-ring (bicyclic) bond motifs is 1. The summed E-state index contributed by atoms with van der Waals surface area (Å²) in [7, 11) is 0. The third-order valence-corrected chi connectivity index (χ3v) is 3.92. The van der Waals surface area contributed by atoms with E-state index in [4.69, 9.17) is 4.74 Å². The lowest BCUT2D eigenvalue weighted by molar-refractivity contribution is 0.0954. The van der Waals surface area contributed by atoms with E-state index in [-0.39, 0.29) is 11.8 Å². The van der Waals surface area contributed by atoms with Crippen molar-refractivity contribution >= 4 is 17.2 Å². The summed E-state index contributed by atoms with van der Waals surface area (Å²) in [6, 6.07) is 11.7. The number of rotatable bonds is 3. The minimum atomic E-state index is -0.00520. The van der Waals surface area contributed by atoms with Crippen LogP contribution in [0.25, 0.3) is 0 Å². The zero-order chi connectivity index (χ0) is 12.4. The second kappa shape index (κ2) is 4.82. The van der Waals surface area contributed by atoms with E-state index in [1.165, 1.54) is 16.9 Å². The number of amides is 1. The fourth-order valence-electron chi connectivity index (χ4n) is 2.11. The summed E-state index contributed by atoms with van der Waals surface area (Å²) in [6.45, 7) is 1.26. The molecule has 1 amide bonds. The van der Waals surface area contributed by atoms with Crippen LogP contribution in [0.3, 0.4) is 0 Å². The van der Waals surface area contributed by atoms with Crippen LogP contribution in [0.5, 0.6) is 5.75 Å². The minimum absolute atomic E-state index is 0.00520. The van der Waals surface area contributed by atoms with Crippen LogP contribution >= 0.6 is 11.3 Å². The second-order valence-corrected chi connectivity index (χ2v) is 5.18. The Morgan fingerprint density at radius 3 is 3.06 bits per heavy atom. The number of ether oxygens (including phenoxy) is 1. The molecule has 3 rings (SSSR count). The van der Waals surface area contributed by atoms with Crippen molar-refractivity contribution in [2.24, 2.45) is 0 Å². The van der Waals surface area contributed by atoms with Gasteiger partial charge in [0, 0.05) is 18.0 Å². The first-order valence-electron chi connectivity index (χ1n) is 5.88. The molecule has 0 radical (unpaired) electrons. The predicted octanol–water partition coefficient (Wildman–Crippen LogP) is 2.65. The average Bonchev–Trinajstić information content (AvgIpc) is 3.06. The first-order chi connectivity index (χ1) is 8.84. The Bertz CT molecular complexity index is 551. The molecular formula is C14H13NO2S. The number of carbonyl (C=O) groups excluding carboxylic acids is 1. The summed E-state index contributed by atoms with van der Waals surface area (Å²) in [5.41, 5.74) is 1.18. The van der Waals surface area contributed by atoms with Gasteiger partial charge in [-0.2, -0.15) is 0 Å². The molecule has 1 aliphatic heterocycles. The van der Waals surface area contributed by atoms with E-state index in [1.54, 1.807) is 0 Å². The molecule has 0 saturated heterocycles. The number of hydrogen-bond acceptors (Lipinski definition) is 3. The van der Waals surface area contributed by atoms with Crippen molar-refractivity contribution in [3.63, 3.8) is 0 Å². The quantitative estimate of drug-likeness (QED) is 0.920. The lowest BCUT2D eigenvalue weighted by Gasteiger charge is -2.09. The van der Waals surface area contributed by atoms with Gasteiger partial charge in [0.25, 0.3) is 5.91 Å². The van der Waals surface area contributed by atoms with Gasteiger partial charge in [-0.25, -0.2) is 0 Å². The smallest absolute Gasteiger partial charge is 0.261 e. The highest BCUT2D eigenvalue weighted by Gasteiger charge is 2.24. The normalized spacial score (nSPS) is 17.0. The summed E-state index contributed by atoms with van der Waals surface area (Å²) in [5, 5.41) is 4.87. The van der Waals surface area contributed by atoms with Gasteiger partial charge in [0.1, 0.15) is 5.75 Å². The fourth-order valence-corrected chi connectivity index (χ4v) is 2.75. The van der Waals surface area contributed by atoms with Crippen LogP contribution in [0.2, 0.25) is 0 Å². The van der Waals surface area contributed by atoms with E-state index < -0.39 is 0 Å². The predicted molar refractivity (Wildman–Crippen MR) is 71.3 cm³/mol. The van der Waals surface area contributed by atoms with Crippen LogP contribution in [0, 0.1) is 0 Å². The number of thiophene rings is 1. The Morgan fingerprint density at radius 1 is 1.33 bits per heavy atom. The van der Waals surface area contributed by atoms with Crippen molar-refractivity contribution in [2.45, 2.75) is 5.92 Å². The van der Waals surface area contributed by atoms with Crippen LogP contribution in [-0.2, 0) is 0 Å². The van der Waals surface area contributed by atoms with Crippen molar-refractivity contribution in [1.82, 2.24) is 5.32 Å². The van der Waals surface area contributed by atoms with E-state index >= 15 is 0 Å². The van der Waals surface area contributed by atoms with Crippen molar-refractivity contribution in [2.75, 3.05) is 13.2 Å². The third-order valence-electron chi connectivity index (χ3n) is 3.05. The topological polar surface area (TPSA) is 38.3 Å². The average molecular weight is 259 g/mol. The largest absolute Gasteiger partial charge is 0.493 e. The number of benzene rings is 1. The summed E-state index contributed by atoms with van der Waals surface area (Å²) >= 11 is 1.46. The van der Waals surface area contributed by atoms with E-state index in [9.17, 15) is 4.79 Å². The minimum Gasteiger partial charge on any atom is -0.493 e. The van der Waals surface area contributed by atoms with Crippen LogP contribution < -0.4 is 10.1 Å². The first kappa shape index (κ1) is 11.3. The maximum atomic E-state index is 11.8. The number of nitrogens with one attached hydrogen (secondary N) is 1. The highest BCUT2D eigenvalue weighted by atomic mass is 32.1. The van der Waals surface area contributed by atoms with Gasteiger partial charge in [-0.15, -0.1) is 11.3 Å². The van der Waals surface area contributed by atoms with Gasteiger partial charge >= 0.3 is 0 Å². The molecule has 1 aromatic carbocycles. The lowest BCUT2D eigenvalue weighted by Crippen LogP contribution is -2.28. The molecule has 0 saturated carbocycles. The molecule has 92 valence electrons.